The molecule has 2 aromatic rings. The maximum absolute atomic E-state index is 13.2. The van der Waals surface area contributed by atoms with Gasteiger partial charge in [-0.3, -0.25) is 19.3 Å². The lowest BCUT2D eigenvalue weighted by atomic mass is 9.64. The van der Waals surface area contributed by atoms with Crippen LogP contribution >= 0.6 is 0 Å². The van der Waals surface area contributed by atoms with Crippen molar-refractivity contribution >= 4 is 35.1 Å². The number of aromatic nitrogens is 3. The van der Waals surface area contributed by atoms with Crippen LogP contribution in [0.2, 0.25) is 0 Å². The Labute approximate surface area is 203 Å². The predicted molar refractivity (Wildman–Crippen MR) is 128 cm³/mol. The quantitative estimate of drug-likeness (QED) is 0.542. The zero-order valence-corrected chi connectivity index (χ0v) is 20.4. The lowest BCUT2D eigenvalue weighted by Crippen LogP contribution is -2.54. The lowest BCUT2D eigenvalue weighted by Gasteiger charge is -2.43. The highest BCUT2D eigenvalue weighted by Crippen LogP contribution is 2.46. The molecule has 1 aromatic heterocycles. The minimum Gasteiger partial charge on any atom is -0.325 e. The molecule has 1 saturated carbocycles. The van der Waals surface area contributed by atoms with Crippen molar-refractivity contribution < 1.29 is 19.2 Å². The summed E-state index contributed by atoms with van der Waals surface area (Å²) in [5, 5.41) is 12.3. The molecule has 11 heteroatoms. The van der Waals surface area contributed by atoms with Crippen molar-refractivity contribution in [3.05, 3.63) is 36.9 Å². The molecule has 3 N–H and O–H groups in total. The predicted octanol–water partition coefficient (Wildman–Crippen LogP) is 2.55. The smallest absolute Gasteiger partial charge is 0.325 e. The lowest BCUT2D eigenvalue weighted by molar-refractivity contribution is -0.136. The highest BCUT2D eigenvalue weighted by atomic mass is 16.2. The number of carbonyl (C=O) groups excluding carboxylic acids is 4. The monoisotopic (exact) mass is 481 g/mol. The van der Waals surface area contributed by atoms with Gasteiger partial charge in [-0.1, -0.05) is 20.8 Å². The first-order chi connectivity index (χ1) is 16.5. The van der Waals surface area contributed by atoms with Gasteiger partial charge in [0.05, 0.1) is 0 Å². The zero-order valence-electron chi connectivity index (χ0n) is 20.4. The molecule has 186 valence electrons. The second-order valence-electron chi connectivity index (χ2n) is 10.4. The van der Waals surface area contributed by atoms with Crippen molar-refractivity contribution in [2.45, 2.75) is 58.5 Å². The number of nitrogens with zero attached hydrogens (tertiary/aromatic N) is 4. The van der Waals surface area contributed by atoms with Crippen LogP contribution in [0.15, 0.2) is 36.9 Å². The molecule has 1 aromatic carbocycles. The van der Waals surface area contributed by atoms with Crippen LogP contribution in [0.3, 0.4) is 0 Å². The number of amides is 5. The van der Waals surface area contributed by atoms with Gasteiger partial charge in [-0.05, 0) is 61.8 Å². The summed E-state index contributed by atoms with van der Waals surface area (Å²) in [5.41, 5.74) is 0.00164. The third-order valence-corrected chi connectivity index (χ3v) is 6.57. The minimum atomic E-state index is -0.943. The van der Waals surface area contributed by atoms with Gasteiger partial charge in [0.1, 0.15) is 30.8 Å². The third kappa shape index (κ3) is 5.18. The number of rotatable bonds is 6. The Morgan fingerprint density at radius 2 is 1.80 bits per heavy atom. The van der Waals surface area contributed by atoms with Crippen LogP contribution in [0, 0.1) is 11.3 Å². The van der Waals surface area contributed by atoms with Gasteiger partial charge in [0.2, 0.25) is 11.8 Å². The van der Waals surface area contributed by atoms with Gasteiger partial charge in [0, 0.05) is 11.4 Å². The normalized spacial score (nSPS) is 24.2. The van der Waals surface area contributed by atoms with Crippen molar-refractivity contribution in [3.8, 4) is 0 Å². The molecule has 2 aliphatic rings. The number of urea groups is 1. The van der Waals surface area contributed by atoms with E-state index in [9.17, 15) is 19.2 Å². The van der Waals surface area contributed by atoms with Crippen LogP contribution in [0.1, 0.15) is 53.0 Å². The molecular weight excluding hydrogens is 450 g/mol. The maximum Gasteiger partial charge on any atom is 0.325 e. The number of hydrogen-bond donors (Lipinski definition) is 3. The van der Waals surface area contributed by atoms with Crippen molar-refractivity contribution in [2.75, 3.05) is 17.2 Å². The molecule has 4 rings (SSSR count). The van der Waals surface area contributed by atoms with Crippen molar-refractivity contribution in [3.63, 3.8) is 0 Å². The molecule has 3 unspecified atom stereocenters. The molecule has 1 spiro atoms. The van der Waals surface area contributed by atoms with Gasteiger partial charge in [-0.25, -0.2) is 14.5 Å². The molecule has 2 heterocycles. The van der Waals surface area contributed by atoms with Crippen molar-refractivity contribution in [2.24, 2.45) is 11.3 Å². The van der Waals surface area contributed by atoms with Crippen LogP contribution in [0.5, 0.6) is 0 Å². The first-order valence-corrected chi connectivity index (χ1v) is 11.7. The van der Waals surface area contributed by atoms with Gasteiger partial charge in [-0.2, -0.15) is 5.10 Å². The van der Waals surface area contributed by atoms with E-state index >= 15 is 0 Å². The van der Waals surface area contributed by atoms with Gasteiger partial charge in [0.15, 0.2) is 0 Å². The van der Waals surface area contributed by atoms with E-state index in [1.54, 1.807) is 31.2 Å². The number of hydrogen-bond acceptors (Lipinski definition) is 6. The summed E-state index contributed by atoms with van der Waals surface area (Å²) in [7, 11) is 0. The summed E-state index contributed by atoms with van der Waals surface area (Å²) in [6.45, 7) is 7.61. The summed E-state index contributed by atoms with van der Waals surface area (Å²) in [6.07, 6.45) is 4.93. The number of carbonyl (C=O) groups is 4. The fourth-order valence-electron chi connectivity index (χ4n) is 5.41. The van der Waals surface area contributed by atoms with Crippen LogP contribution < -0.4 is 16.0 Å². The first kappa shape index (κ1) is 24.4. The molecule has 2 fully saturated rings. The zero-order chi connectivity index (χ0) is 25.4. The second kappa shape index (κ2) is 9.12. The molecule has 35 heavy (non-hydrogen) atoms. The van der Waals surface area contributed by atoms with E-state index in [0.717, 1.165) is 11.3 Å². The fraction of sp³-hybridized carbons (Fsp3) is 0.500. The van der Waals surface area contributed by atoms with E-state index in [4.69, 9.17) is 0 Å². The topological polar surface area (TPSA) is 138 Å². The Balaban J connectivity index is 1.34. The average Bonchev–Trinajstić information content (AvgIpc) is 3.37. The van der Waals surface area contributed by atoms with Gasteiger partial charge >= 0.3 is 6.03 Å². The van der Waals surface area contributed by atoms with Crippen LogP contribution in [-0.4, -0.2) is 55.5 Å². The van der Waals surface area contributed by atoms with E-state index < -0.39 is 23.5 Å². The Bertz CT molecular complexity index is 1130. The number of benzene rings is 1. The number of nitrogens with one attached hydrogen (secondary N) is 3. The summed E-state index contributed by atoms with van der Waals surface area (Å²) in [4.78, 5) is 55.7. The standard InChI is InChI=1S/C24H31N7O4/c1-15-9-23(3,4)12-24(10-15)21(34)30(22(35)29-24)11-19(32)27-17-5-7-18(8-6-17)28-20(33)16(2)31-14-25-13-26-31/h5-8,13-16H,9-12H2,1-4H3,(H,27,32)(H,28,33)(H,29,35). The van der Waals surface area contributed by atoms with Crippen LogP contribution in [-0.2, 0) is 14.4 Å². The largest absolute Gasteiger partial charge is 0.325 e. The van der Waals surface area contributed by atoms with Crippen molar-refractivity contribution in [1.29, 1.82) is 0 Å². The summed E-state index contributed by atoms with van der Waals surface area (Å²) < 4.78 is 1.44. The van der Waals surface area contributed by atoms with E-state index in [1.165, 1.54) is 17.3 Å². The Hall–Kier alpha value is -3.76. The molecule has 1 saturated heterocycles. The summed E-state index contributed by atoms with van der Waals surface area (Å²) in [5.74, 6) is -0.794. The van der Waals surface area contributed by atoms with Gasteiger partial charge in [-0.15, -0.1) is 0 Å². The summed E-state index contributed by atoms with van der Waals surface area (Å²) in [6, 6.07) is 5.49. The highest BCUT2D eigenvalue weighted by Gasteiger charge is 2.56. The fourth-order valence-corrected chi connectivity index (χ4v) is 5.41. The summed E-state index contributed by atoms with van der Waals surface area (Å²) >= 11 is 0. The second-order valence-corrected chi connectivity index (χ2v) is 10.4. The average molecular weight is 482 g/mol. The molecule has 0 bridgehead atoms. The van der Waals surface area contributed by atoms with E-state index in [1.807, 2.05) is 0 Å². The molecule has 5 amide bonds. The first-order valence-electron chi connectivity index (χ1n) is 11.7. The van der Waals surface area contributed by atoms with Crippen LogP contribution in [0.25, 0.3) is 0 Å². The molecular formula is C24H31N7O4. The Morgan fingerprint density at radius 1 is 1.14 bits per heavy atom. The van der Waals surface area contributed by atoms with Crippen molar-refractivity contribution in [1.82, 2.24) is 25.0 Å². The molecule has 11 nitrogen and oxygen atoms in total. The Morgan fingerprint density at radius 3 is 2.40 bits per heavy atom. The minimum absolute atomic E-state index is 0.0802. The molecule has 1 aliphatic heterocycles. The van der Waals surface area contributed by atoms with E-state index in [0.29, 0.717) is 24.2 Å². The maximum atomic E-state index is 13.2. The van der Waals surface area contributed by atoms with Crippen LogP contribution in [0.4, 0.5) is 16.2 Å². The SMILES string of the molecule is CC1CC(C)(C)CC2(C1)NC(=O)N(CC(=O)Nc1ccc(NC(=O)C(C)n3cncn3)cc1)C2=O. The van der Waals surface area contributed by atoms with Gasteiger partial charge < -0.3 is 16.0 Å². The number of imide groups is 1. The van der Waals surface area contributed by atoms with Gasteiger partial charge in [0.25, 0.3) is 5.91 Å². The Kier molecular flexibility index (Phi) is 6.35. The molecule has 0 radical (unpaired) electrons. The third-order valence-electron chi connectivity index (χ3n) is 6.57. The van der Waals surface area contributed by atoms with E-state index in [-0.39, 0.29) is 29.7 Å². The molecule has 3 atom stereocenters. The van der Waals surface area contributed by atoms with E-state index in [2.05, 4.69) is 46.8 Å². The number of anilines is 2. The molecule has 1 aliphatic carbocycles. The highest BCUT2D eigenvalue weighted by molar-refractivity contribution is 6.10.